The first-order valence-electron chi connectivity index (χ1n) is 7.70. The summed E-state index contributed by atoms with van der Waals surface area (Å²) in [6.07, 6.45) is 6.77. The van der Waals surface area contributed by atoms with E-state index < -0.39 is 5.56 Å². The number of imidazole rings is 1. The molecule has 0 aromatic carbocycles. The number of aryl methyl sites for hydroxylation is 1. The lowest BCUT2D eigenvalue weighted by Crippen LogP contribution is -2.39. The smallest absolute Gasteiger partial charge is 0.260 e. The summed E-state index contributed by atoms with van der Waals surface area (Å²) in [5, 5.41) is 2.99. The summed E-state index contributed by atoms with van der Waals surface area (Å²) < 4.78 is 7.31. The molecule has 0 aliphatic carbocycles. The Kier molecular flexibility index (Phi) is 4.57. The Morgan fingerprint density at radius 1 is 1.48 bits per heavy atom. The molecule has 0 spiro atoms. The van der Waals surface area contributed by atoms with Gasteiger partial charge in [0, 0.05) is 38.9 Å². The molecule has 0 radical (unpaired) electrons. The van der Waals surface area contributed by atoms with Crippen molar-refractivity contribution in [1.82, 2.24) is 19.9 Å². The fourth-order valence-electron chi connectivity index (χ4n) is 2.94. The largest absolute Gasteiger partial charge is 0.381 e. The first-order chi connectivity index (χ1) is 11.2. The van der Waals surface area contributed by atoms with Crippen LogP contribution in [-0.2, 0) is 11.8 Å². The molecule has 1 aliphatic rings. The molecule has 2 aromatic rings. The number of nitrogens with one attached hydrogen (secondary N) is 2. The number of nitrogens with zero attached hydrogens (tertiary/aromatic N) is 2. The highest BCUT2D eigenvalue weighted by atomic mass is 16.5. The third-order valence-electron chi connectivity index (χ3n) is 4.22. The van der Waals surface area contributed by atoms with E-state index >= 15 is 0 Å². The van der Waals surface area contributed by atoms with Crippen LogP contribution < -0.4 is 10.9 Å². The third kappa shape index (κ3) is 3.34. The van der Waals surface area contributed by atoms with Crippen molar-refractivity contribution in [2.24, 2.45) is 13.0 Å². The molecule has 1 aliphatic heterocycles. The van der Waals surface area contributed by atoms with Gasteiger partial charge in [0.05, 0.1) is 6.04 Å². The van der Waals surface area contributed by atoms with E-state index in [-0.39, 0.29) is 23.4 Å². The van der Waals surface area contributed by atoms with Crippen LogP contribution in [0.3, 0.4) is 0 Å². The summed E-state index contributed by atoms with van der Waals surface area (Å²) in [6.45, 7) is 1.35. The Labute approximate surface area is 133 Å². The van der Waals surface area contributed by atoms with E-state index in [1.807, 2.05) is 17.8 Å². The molecule has 1 amide bonds. The number of hydrogen-bond donors (Lipinski definition) is 2. The Balaban J connectivity index is 1.87. The van der Waals surface area contributed by atoms with E-state index in [4.69, 9.17) is 4.74 Å². The zero-order valence-electron chi connectivity index (χ0n) is 13.0. The number of pyridine rings is 1. The van der Waals surface area contributed by atoms with Crippen LogP contribution in [0, 0.1) is 5.92 Å². The highest BCUT2D eigenvalue weighted by molar-refractivity contribution is 5.93. The highest BCUT2D eigenvalue weighted by Crippen LogP contribution is 2.29. The van der Waals surface area contributed by atoms with Gasteiger partial charge in [-0.2, -0.15) is 0 Å². The molecular formula is C16H20N4O3. The fraction of sp³-hybridized carbons (Fsp3) is 0.438. The third-order valence-corrected chi connectivity index (χ3v) is 4.22. The Morgan fingerprint density at radius 3 is 2.91 bits per heavy atom. The summed E-state index contributed by atoms with van der Waals surface area (Å²) in [4.78, 5) is 31.2. The first-order valence-corrected chi connectivity index (χ1v) is 7.70. The van der Waals surface area contributed by atoms with Crippen molar-refractivity contribution in [3.05, 3.63) is 52.5 Å². The van der Waals surface area contributed by atoms with Crippen molar-refractivity contribution in [2.75, 3.05) is 13.2 Å². The van der Waals surface area contributed by atoms with Gasteiger partial charge in [-0.1, -0.05) is 0 Å². The lowest BCUT2D eigenvalue weighted by atomic mass is 9.91. The van der Waals surface area contributed by atoms with Gasteiger partial charge in [-0.05, 0) is 30.9 Å². The Hall–Kier alpha value is -2.41. The average molecular weight is 316 g/mol. The number of hydrogen-bond acceptors (Lipinski definition) is 4. The van der Waals surface area contributed by atoms with Crippen LogP contribution in [0.1, 0.15) is 35.1 Å². The second kappa shape index (κ2) is 6.78. The first kappa shape index (κ1) is 15.5. The van der Waals surface area contributed by atoms with Gasteiger partial charge in [-0.3, -0.25) is 9.59 Å². The van der Waals surface area contributed by atoms with Gasteiger partial charge in [0.25, 0.3) is 11.5 Å². The minimum Gasteiger partial charge on any atom is -0.381 e. The molecule has 1 atom stereocenters. The van der Waals surface area contributed by atoms with Crippen LogP contribution in [0.15, 0.2) is 35.5 Å². The lowest BCUT2D eigenvalue weighted by molar-refractivity contribution is 0.0499. The van der Waals surface area contributed by atoms with Crippen LogP contribution >= 0.6 is 0 Å². The molecule has 2 aromatic heterocycles. The topological polar surface area (TPSA) is 89.0 Å². The van der Waals surface area contributed by atoms with E-state index in [0.29, 0.717) is 13.2 Å². The number of carbonyl (C=O) groups is 1. The number of aromatic amines is 1. The number of amides is 1. The summed E-state index contributed by atoms with van der Waals surface area (Å²) in [5.74, 6) is 0.639. The quantitative estimate of drug-likeness (QED) is 0.881. The van der Waals surface area contributed by atoms with Gasteiger partial charge >= 0.3 is 0 Å². The van der Waals surface area contributed by atoms with Crippen LogP contribution in [0.25, 0.3) is 0 Å². The predicted molar refractivity (Wildman–Crippen MR) is 84.0 cm³/mol. The minimum absolute atomic E-state index is 0.110. The van der Waals surface area contributed by atoms with E-state index in [2.05, 4.69) is 15.3 Å². The second-order valence-corrected chi connectivity index (χ2v) is 5.71. The van der Waals surface area contributed by atoms with Crippen LogP contribution in [0.4, 0.5) is 0 Å². The van der Waals surface area contributed by atoms with E-state index in [9.17, 15) is 9.59 Å². The maximum absolute atomic E-state index is 12.5. The fourth-order valence-corrected chi connectivity index (χ4v) is 2.94. The SMILES string of the molecule is Cn1ccnc1[C@@H](NC(=O)c1ccc[nH]c1=O)C1CCOCC1. The molecule has 3 heterocycles. The van der Waals surface area contributed by atoms with Crippen LogP contribution in [0.5, 0.6) is 0 Å². The van der Waals surface area contributed by atoms with Gasteiger partial charge in [0.15, 0.2) is 0 Å². The van der Waals surface area contributed by atoms with E-state index in [1.54, 1.807) is 12.3 Å². The number of ether oxygens (including phenoxy) is 1. The monoisotopic (exact) mass is 316 g/mol. The van der Waals surface area contributed by atoms with Crippen LogP contribution in [-0.4, -0.2) is 33.7 Å². The molecule has 7 nitrogen and oxygen atoms in total. The summed E-state index contributed by atoms with van der Waals surface area (Å²) in [5.41, 5.74) is -0.283. The van der Waals surface area contributed by atoms with Crippen molar-refractivity contribution in [3.63, 3.8) is 0 Å². The van der Waals surface area contributed by atoms with Gasteiger partial charge in [-0.15, -0.1) is 0 Å². The zero-order chi connectivity index (χ0) is 16.2. The molecule has 122 valence electrons. The van der Waals surface area contributed by atoms with E-state index in [1.165, 1.54) is 12.3 Å². The van der Waals surface area contributed by atoms with Crippen molar-refractivity contribution < 1.29 is 9.53 Å². The van der Waals surface area contributed by atoms with Gasteiger partial charge < -0.3 is 19.6 Å². The molecule has 0 bridgehead atoms. The molecule has 0 unspecified atom stereocenters. The van der Waals surface area contributed by atoms with Crippen LogP contribution in [0.2, 0.25) is 0 Å². The second-order valence-electron chi connectivity index (χ2n) is 5.71. The summed E-state index contributed by atoms with van der Waals surface area (Å²) in [7, 11) is 1.90. The molecule has 1 fully saturated rings. The Morgan fingerprint density at radius 2 is 2.26 bits per heavy atom. The number of aromatic nitrogens is 3. The average Bonchev–Trinajstić information content (AvgIpc) is 2.99. The minimum atomic E-state index is -0.393. The Bertz CT molecular complexity index is 731. The molecular weight excluding hydrogens is 296 g/mol. The van der Waals surface area contributed by atoms with Crippen molar-refractivity contribution >= 4 is 5.91 Å². The summed E-state index contributed by atoms with van der Waals surface area (Å²) in [6, 6.07) is 2.92. The molecule has 23 heavy (non-hydrogen) atoms. The predicted octanol–water partition coefficient (Wildman–Crippen LogP) is 1.01. The molecule has 3 rings (SSSR count). The molecule has 2 N–H and O–H groups in total. The van der Waals surface area contributed by atoms with Gasteiger partial charge in [-0.25, -0.2) is 4.98 Å². The maximum Gasteiger partial charge on any atom is 0.260 e. The van der Waals surface area contributed by atoms with Crippen molar-refractivity contribution in [2.45, 2.75) is 18.9 Å². The zero-order valence-corrected chi connectivity index (χ0v) is 13.0. The standard InChI is InChI=1S/C16H20N4O3/c1-20-8-7-17-14(20)13(11-4-9-23-10-5-11)19-16(22)12-3-2-6-18-15(12)21/h2-3,6-8,11,13H,4-5,9-10H2,1H3,(H,18,21)(H,19,22)/t13-/m0/s1. The number of carbonyl (C=O) groups excluding carboxylic acids is 1. The summed E-state index contributed by atoms with van der Waals surface area (Å²) >= 11 is 0. The van der Waals surface area contributed by atoms with Crippen molar-refractivity contribution in [3.8, 4) is 0 Å². The molecule has 7 heteroatoms. The van der Waals surface area contributed by atoms with Gasteiger partial charge in [0.2, 0.25) is 0 Å². The molecule has 1 saturated heterocycles. The maximum atomic E-state index is 12.5. The van der Waals surface area contributed by atoms with Crippen molar-refractivity contribution in [1.29, 1.82) is 0 Å². The van der Waals surface area contributed by atoms with Gasteiger partial charge in [0.1, 0.15) is 11.4 Å². The normalized spacial score (nSPS) is 16.9. The number of H-pyrrole nitrogens is 1. The lowest BCUT2D eigenvalue weighted by Gasteiger charge is -2.30. The number of rotatable bonds is 4. The highest BCUT2D eigenvalue weighted by Gasteiger charge is 2.30. The van der Waals surface area contributed by atoms with E-state index in [0.717, 1.165) is 18.7 Å². The molecule has 0 saturated carbocycles.